The molecule has 0 atom stereocenters. The fraction of sp³-hybridized carbons (Fsp3) is 0.500. The lowest BCUT2D eigenvalue weighted by atomic mass is 9.80. The first-order valence-electron chi connectivity index (χ1n) is 13.2. The Kier molecular flexibility index (Phi) is 4.19. The van der Waals surface area contributed by atoms with Crippen LogP contribution in [0.5, 0.6) is 0 Å². The van der Waals surface area contributed by atoms with Crippen LogP contribution in [-0.2, 0) is 5.54 Å². The minimum Gasteiger partial charge on any atom is -0.368 e. The molecule has 0 radical (unpaired) electrons. The van der Waals surface area contributed by atoms with Crippen LogP contribution < -0.4 is 15.5 Å². The van der Waals surface area contributed by atoms with E-state index in [0.29, 0.717) is 50.2 Å². The molecule has 5 heterocycles. The molecule has 2 fully saturated rings. The minimum atomic E-state index is -2.04. The SMILES string of the molecule is [2H]C([2H])([2H])N1CCN(c2ccc(Nc3ncc4cc5n(c4n3)C3(CCCCC3)CNC5=O)nc2)CC1. The van der Waals surface area contributed by atoms with E-state index in [1.807, 2.05) is 18.2 Å². The zero-order valence-electron chi connectivity index (χ0n) is 21.5. The minimum absolute atomic E-state index is 0.0596. The molecule has 3 aliphatic rings. The molecule has 9 heteroatoms. The van der Waals surface area contributed by atoms with Gasteiger partial charge in [0.25, 0.3) is 5.91 Å². The van der Waals surface area contributed by atoms with Gasteiger partial charge >= 0.3 is 0 Å². The Morgan fingerprint density at radius 1 is 1.09 bits per heavy atom. The number of nitrogens with zero attached hydrogens (tertiary/aromatic N) is 6. The third kappa shape index (κ3) is 3.60. The van der Waals surface area contributed by atoms with Gasteiger partial charge in [0.05, 0.1) is 17.4 Å². The van der Waals surface area contributed by atoms with Crippen molar-refractivity contribution in [2.24, 2.45) is 0 Å². The summed E-state index contributed by atoms with van der Waals surface area (Å²) in [5, 5.41) is 7.15. The Hall–Kier alpha value is -3.20. The van der Waals surface area contributed by atoms with Crippen molar-refractivity contribution in [3.05, 3.63) is 36.3 Å². The fourth-order valence-corrected chi connectivity index (χ4v) is 5.45. The number of piperazine rings is 1. The highest BCUT2D eigenvalue weighted by Gasteiger charge is 2.41. The summed E-state index contributed by atoms with van der Waals surface area (Å²) in [5.41, 5.74) is 2.26. The predicted octanol–water partition coefficient (Wildman–Crippen LogP) is 2.72. The fourth-order valence-electron chi connectivity index (χ4n) is 5.45. The first kappa shape index (κ1) is 17.3. The number of pyridine rings is 1. The van der Waals surface area contributed by atoms with E-state index in [-0.39, 0.29) is 11.4 Å². The number of aromatic nitrogens is 4. The Bertz CT molecular complexity index is 1270. The van der Waals surface area contributed by atoms with Crippen LogP contribution in [0.2, 0.25) is 0 Å². The smallest absolute Gasteiger partial charge is 0.268 e. The van der Waals surface area contributed by atoms with Crippen LogP contribution in [0.15, 0.2) is 30.6 Å². The summed E-state index contributed by atoms with van der Waals surface area (Å²) in [4.78, 5) is 30.2. The van der Waals surface area contributed by atoms with Crippen LogP contribution in [0.25, 0.3) is 11.0 Å². The molecule has 1 saturated carbocycles. The molecule has 2 N–H and O–H groups in total. The maximum Gasteiger partial charge on any atom is 0.268 e. The maximum absolute atomic E-state index is 12.6. The molecule has 0 aromatic carbocycles. The average molecular weight is 450 g/mol. The van der Waals surface area contributed by atoms with Crippen LogP contribution >= 0.6 is 0 Å². The normalized spacial score (nSPS) is 22.4. The van der Waals surface area contributed by atoms with Crippen molar-refractivity contribution in [2.45, 2.75) is 37.6 Å². The molecule has 3 aromatic heterocycles. The molecular weight excluding hydrogens is 416 g/mol. The Morgan fingerprint density at radius 3 is 2.70 bits per heavy atom. The molecule has 2 aliphatic heterocycles. The molecule has 6 rings (SSSR count). The highest BCUT2D eigenvalue weighted by Crippen LogP contribution is 2.40. The van der Waals surface area contributed by atoms with E-state index in [9.17, 15) is 4.79 Å². The van der Waals surface area contributed by atoms with Gasteiger partial charge in [-0.15, -0.1) is 0 Å². The molecule has 172 valence electrons. The number of hydrogen-bond acceptors (Lipinski definition) is 7. The highest BCUT2D eigenvalue weighted by molar-refractivity contribution is 5.99. The summed E-state index contributed by atoms with van der Waals surface area (Å²) in [6.07, 6.45) is 9.12. The highest BCUT2D eigenvalue weighted by atomic mass is 16.2. The van der Waals surface area contributed by atoms with E-state index in [1.54, 1.807) is 12.4 Å². The third-order valence-corrected chi connectivity index (χ3v) is 7.24. The second-order valence-electron chi connectivity index (χ2n) is 9.31. The monoisotopic (exact) mass is 449 g/mol. The topological polar surface area (TPSA) is 91.2 Å². The lowest BCUT2D eigenvalue weighted by Crippen LogP contribution is -2.52. The summed E-state index contributed by atoms with van der Waals surface area (Å²) >= 11 is 0. The molecule has 1 amide bonds. The number of anilines is 3. The maximum atomic E-state index is 12.6. The molecule has 33 heavy (non-hydrogen) atoms. The van der Waals surface area contributed by atoms with Crippen molar-refractivity contribution >= 4 is 34.4 Å². The number of amides is 1. The second kappa shape index (κ2) is 7.98. The van der Waals surface area contributed by atoms with Crippen molar-refractivity contribution in [1.82, 2.24) is 29.7 Å². The van der Waals surface area contributed by atoms with Crippen molar-refractivity contribution in [2.75, 3.05) is 49.9 Å². The average Bonchev–Trinajstić information content (AvgIpc) is 3.28. The van der Waals surface area contributed by atoms with Crippen LogP contribution in [0.4, 0.5) is 17.5 Å². The standard InChI is InChI=1S/C24H30N8O/c1-30-9-11-31(12-10-30)18-5-6-20(25-15-18)28-23-26-14-17-13-19-22(33)27-16-24(7-3-2-4-8-24)32(19)21(17)29-23/h5-6,13-15H,2-4,7-12,16H2,1H3,(H,27,33)(H,25,26,28,29)/i1D3. The van der Waals surface area contributed by atoms with Gasteiger partial charge in [-0.05, 0) is 38.0 Å². The molecule has 0 unspecified atom stereocenters. The van der Waals surface area contributed by atoms with Crippen LogP contribution in [-0.4, -0.2) is 70.0 Å². The van der Waals surface area contributed by atoms with Crippen LogP contribution in [0.1, 0.15) is 46.7 Å². The number of carbonyl (C=O) groups excluding carboxylic acids is 1. The lowest BCUT2D eigenvalue weighted by molar-refractivity contribution is 0.0833. The van der Waals surface area contributed by atoms with Gasteiger partial charge in [0.1, 0.15) is 17.2 Å². The van der Waals surface area contributed by atoms with E-state index in [4.69, 9.17) is 9.10 Å². The van der Waals surface area contributed by atoms with Crippen LogP contribution in [0, 0.1) is 0 Å². The van der Waals surface area contributed by atoms with Gasteiger partial charge < -0.3 is 25.0 Å². The molecule has 1 aliphatic carbocycles. The number of nitrogens with one attached hydrogen (secondary N) is 2. The Morgan fingerprint density at radius 2 is 1.94 bits per heavy atom. The largest absolute Gasteiger partial charge is 0.368 e. The molecule has 1 saturated heterocycles. The number of hydrogen-bond donors (Lipinski definition) is 2. The summed E-state index contributed by atoms with van der Waals surface area (Å²) in [6.45, 7) is 0.859. The summed E-state index contributed by atoms with van der Waals surface area (Å²) in [7, 11) is 0. The van der Waals surface area contributed by atoms with Crippen LogP contribution in [0.3, 0.4) is 0 Å². The van der Waals surface area contributed by atoms with Gasteiger partial charge in [0, 0.05) is 48.4 Å². The van der Waals surface area contributed by atoms with E-state index in [2.05, 4.69) is 30.1 Å². The summed E-state index contributed by atoms with van der Waals surface area (Å²) < 4.78 is 24.9. The van der Waals surface area contributed by atoms with E-state index < -0.39 is 6.98 Å². The van der Waals surface area contributed by atoms with E-state index in [0.717, 1.165) is 42.4 Å². The summed E-state index contributed by atoms with van der Waals surface area (Å²) in [6, 6.07) is 5.74. The first-order valence-corrected chi connectivity index (χ1v) is 11.7. The van der Waals surface area contributed by atoms with Gasteiger partial charge in [0.15, 0.2) is 0 Å². The molecule has 1 spiro atoms. The van der Waals surface area contributed by atoms with Gasteiger partial charge in [-0.3, -0.25) is 4.79 Å². The van der Waals surface area contributed by atoms with Gasteiger partial charge in [-0.25, -0.2) is 9.97 Å². The van der Waals surface area contributed by atoms with Crippen molar-refractivity contribution in [3.8, 4) is 0 Å². The zero-order valence-corrected chi connectivity index (χ0v) is 18.5. The van der Waals surface area contributed by atoms with Gasteiger partial charge in [-0.1, -0.05) is 19.3 Å². The number of carbonyl (C=O) groups is 1. The molecule has 3 aromatic rings. The molecular formula is C24H30N8O. The van der Waals surface area contributed by atoms with Gasteiger partial charge in [0.2, 0.25) is 5.95 Å². The molecule has 9 nitrogen and oxygen atoms in total. The van der Waals surface area contributed by atoms with Gasteiger partial charge in [-0.2, -0.15) is 4.98 Å². The predicted molar refractivity (Wildman–Crippen MR) is 128 cm³/mol. The van der Waals surface area contributed by atoms with E-state index >= 15 is 0 Å². The van der Waals surface area contributed by atoms with Crippen molar-refractivity contribution in [1.29, 1.82) is 0 Å². The third-order valence-electron chi connectivity index (χ3n) is 7.24. The molecule has 0 bridgehead atoms. The number of likely N-dealkylation sites (N-methyl/N-ethyl adjacent to an activating group) is 1. The Balaban J connectivity index is 1.22. The van der Waals surface area contributed by atoms with Crippen molar-refractivity contribution in [3.63, 3.8) is 0 Å². The Labute approximate surface area is 197 Å². The second-order valence-corrected chi connectivity index (χ2v) is 9.31. The number of fused-ring (bicyclic) bond motifs is 4. The first-order chi connectivity index (χ1) is 17.3. The lowest BCUT2D eigenvalue weighted by Gasteiger charge is -2.42. The number of rotatable bonds is 3. The zero-order chi connectivity index (χ0) is 24.9. The van der Waals surface area contributed by atoms with Crippen molar-refractivity contribution < 1.29 is 8.91 Å². The van der Waals surface area contributed by atoms with E-state index in [1.165, 1.54) is 11.3 Å². The quantitative estimate of drug-likeness (QED) is 0.635. The summed E-state index contributed by atoms with van der Waals surface area (Å²) in [5.74, 6) is 0.998.